The van der Waals surface area contributed by atoms with Gasteiger partial charge >= 0.3 is 0 Å². The van der Waals surface area contributed by atoms with Crippen molar-refractivity contribution in [3.63, 3.8) is 0 Å². The standard InChI is InChI=1S/C5H12I2Si/c1-3-4-5-8(2,6)7/h3-5H2,1-2H3. The summed E-state index contributed by atoms with van der Waals surface area (Å²) in [5.74, 6) is 0. The summed E-state index contributed by atoms with van der Waals surface area (Å²) in [5, 5.41) is 0. The molecule has 0 aromatic heterocycles. The highest BCUT2D eigenvalue weighted by atomic mass is 127. The second-order valence-electron chi connectivity index (χ2n) is 2.17. The molecule has 0 N–H and O–H groups in total. The quantitative estimate of drug-likeness (QED) is 0.412. The highest BCUT2D eigenvalue weighted by molar-refractivity contribution is 14.3. The van der Waals surface area contributed by atoms with Crippen molar-refractivity contribution in [2.45, 2.75) is 32.4 Å². The van der Waals surface area contributed by atoms with E-state index in [1.54, 1.807) is 0 Å². The van der Waals surface area contributed by atoms with Crippen LogP contribution in [0.4, 0.5) is 0 Å². The molecule has 0 aromatic carbocycles. The van der Waals surface area contributed by atoms with Crippen molar-refractivity contribution >= 4 is 46.7 Å². The van der Waals surface area contributed by atoms with Crippen molar-refractivity contribution in [2.24, 2.45) is 0 Å². The van der Waals surface area contributed by atoms with Gasteiger partial charge in [-0.05, 0) is 6.04 Å². The zero-order chi connectivity index (χ0) is 6.62. The molecule has 0 saturated heterocycles. The minimum absolute atomic E-state index is 0.738. The normalized spacial score (nSPS) is 12.0. The van der Waals surface area contributed by atoms with Crippen LogP contribution < -0.4 is 0 Å². The smallest absolute Gasteiger partial charge is 0.105 e. The van der Waals surface area contributed by atoms with Crippen LogP contribution in [0.5, 0.6) is 0 Å². The van der Waals surface area contributed by atoms with E-state index in [0.717, 1.165) is 0 Å². The fourth-order valence-electron chi connectivity index (χ4n) is 0.487. The van der Waals surface area contributed by atoms with Gasteiger partial charge in [-0.15, -0.1) is 43.6 Å². The van der Waals surface area contributed by atoms with Gasteiger partial charge in [-0.25, -0.2) is 0 Å². The average Bonchev–Trinajstić information content (AvgIpc) is 1.59. The molecule has 0 unspecified atom stereocenters. The second-order valence-corrected chi connectivity index (χ2v) is 25.3. The summed E-state index contributed by atoms with van der Waals surface area (Å²) < 4.78 is -0.738. The lowest BCUT2D eigenvalue weighted by atomic mass is 10.4. The Kier molecular flexibility index (Phi) is 5.43. The molecule has 0 aliphatic carbocycles. The Morgan fingerprint density at radius 1 is 1.38 bits per heavy atom. The Morgan fingerprint density at radius 3 is 2.00 bits per heavy atom. The monoisotopic (exact) mass is 354 g/mol. The average molecular weight is 354 g/mol. The first-order valence-electron chi connectivity index (χ1n) is 2.94. The lowest BCUT2D eigenvalue weighted by Crippen LogP contribution is -2.08. The molecule has 0 bridgehead atoms. The van der Waals surface area contributed by atoms with Crippen molar-refractivity contribution in [1.82, 2.24) is 0 Å². The van der Waals surface area contributed by atoms with Crippen LogP contribution in [-0.4, -0.2) is 3.07 Å². The summed E-state index contributed by atoms with van der Waals surface area (Å²) in [6, 6.07) is 1.48. The van der Waals surface area contributed by atoms with Crippen molar-refractivity contribution in [3.05, 3.63) is 0 Å². The van der Waals surface area contributed by atoms with Gasteiger partial charge in [0.1, 0.15) is 0 Å². The van der Waals surface area contributed by atoms with Gasteiger partial charge in [-0.3, -0.25) is 0 Å². The minimum atomic E-state index is -0.738. The first-order chi connectivity index (χ1) is 3.56. The van der Waals surface area contributed by atoms with Crippen LogP contribution >= 0.6 is 43.6 Å². The highest BCUT2D eigenvalue weighted by Crippen LogP contribution is 2.27. The van der Waals surface area contributed by atoms with Gasteiger partial charge in [0.25, 0.3) is 0 Å². The van der Waals surface area contributed by atoms with Crippen LogP contribution in [0, 0.1) is 0 Å². The molecule has 0 aromatic rings. The Labute approximate surface area is 78.2 Å². The van der Waals surface area contributed by atoms with E-state index in [-0.39, 0.29) is 0 Å². The van der Waals surface area contributed by atoms with E-state index in [9.17, 15) is 0 Å². The van der Waals surface area contributed by atoms with E-state index in [1.165, 1.54) is 18.9 Å². The molecule has 0 aliphatic rings. The molecule has 0 spiro atoms. The van der Waals surface area contributed by atoms with E-state index < -0.39 is 3.07 Å². The summed E-state index contributed by atoms with van der Waals surface area (Å²) in [5.41, 5.74) is 0. The number of hydrogen-bond acceptors (Lipinski definition) is 0. The molecule has 0 heterocycles. The maximum atomic E-state index is 2.63. The van der Waals surface area contributed by atoms with E-state index in [4.69, 9.17) is 0 Å². The third kappa shape index (κ3) is 7.68. The lowest BCUT2D eigenvalue weighted by Gasteiger charge is -2.08. The number of unbranched alkanes of at least 4 members (excludes halogenated alkanes) is 1. The molecule has 50 valence electrons. The van der Waals surface area contributed by atoms with Crippen molar-refractivity contribution < 1.29 is 0 Å². The molecule has 0 aliphatic heterocycles. The predicted molar refractivity (Wildman–Crippen MR) is 59.4 cm³/mol. The van der Waals surface area contributed by atoms with E-state index >= 15 is 0 Å². The molecule has 3 heteroatoms. The van der Waals surface area contributed by atoms with Crippen LogP contribution in [0.2, 0.25) is 12.6 Å². The molecule has 8 heavy (non-hydrogen) atoms. The van der Waals surface area contributed by atoms with Crippen LogP contribution in [0.3, 0.4) is 0 Å². The molecule has 0 saturated carbocycles. The second kappa shape index (κ2) is 4.49. The Balaban J connectivity index is 3.11. The van der Waals surface area contributed by atoms with E-state index in [0.29, 0.717) is 0 Å². The van der Waals surface area contributed by atoms with Gasteiger partial charge in [0.2, 0.25) is 0 Å². The number of rotatable bonds is 3. The number of hydrogen-bond donors (Lipinski definition) is 0. The summed E-state index contributed by atoms with van der Waals surface area (Å²) in [6.07, 6.45) is 2.78. The Hall–Kier alpha value is 1.68. The molecule has 0 amide bonds. The maximum Gasteiger partial charge on any atom is 0.189 e. The topological polar surface area (TPSA) is 0 Å². The first kappa shape index (κ1) is 9.68. The van der Waals surface area contributed by atoms with Crippen molar-refractivity contribution in [3.8, 4) is 0 Å². The first-order valence-corrected chi connectivity index (χ1v) is 11.9. The molecule has 0 nitrogen and oxygen atoms in total. The number of halogens is 2. The fraction of sp³-hybridized carbons (Fsp3) is 1.00. The van der Waals surface area contributed by atoms with Gasteiger partial charge in [-0.1, -0.05) is 26.3 Å². The molecule has 0 rings (SSSR count). The lowest BCUT2D eigenvalue weighted by molar-refractivity contribution is 0.879. The Morgan fingerprint density at radius 2 is 1.88 bits per heavy atom. The van der Waals surface area contributed by atoms with Crippen LogP contribution in [0.15, 0.2) is 0 Å². The molecular formula is C5H12I2Si. The van der Waals surface area contributed by atoms with E-state index in [2.05, 4.69) is 57.1 Å². The summed E-state index contributed by atoms with van der Waals surface area (Å²) in [6.45, 7) is 4.66. The molecule has 0 fully saturated rings. The van der Waals surface area contributed by atoms with Crippen LogP contribution in [0.25, 0.3) is 0 Å². The maximum absolute atomic E-state index is 2.63. The summed E-state index contributed by atoms with van der Waals surface area (Å²) in [7, 11) is 0. The summed E-state index contributed by atoms with van der Waals surface area (Å²) in [4.78, 5) is 0. The SMILES string of the molecule is CCCC[Si](C)(I)I. The van der Waals surface area contributed by atoms with Crippen LogP contribution in [-0.2, 0) is 0 Å². The van der Waals surface area contributed by atoms with E-state index in [1.807, 2.05) is 0 Å². The largest absolute Gasteiger partial charge is 0.189 e. The summed E-state index contributed by atoms with van der Waals surface area (Å²) >= 11 is 5.25. The zero-order valence-electron chi connectivity index (χ0n) is 5.38. The third-order valence-corrected chi connectivity index (χ3v) is 5.44. The molecule has 0 radical (unpaired) electrons. The predicted octanol–water partition coefficient (Wildman–Crippen LogP) is 3.73. The van der Waals surface area contributed by atoms with Gasteiger partial charge in [0.15, 0.2) is 3.07 Å². The van der Waals surface area contributed by atoms with Crippen molar-refractivity contribution in [1.29, 1.82) is 0 Å². The van der Waals surface area contributed by atoms with Gasteiger partial charge in [-0.2, -0.15) is 0 Å². The molecule has 0 atom stereocenters. The zero-order valence-corrected chi connectivity index (χ0v) is 10.7. The third-order valence-electron chi connectivity index (χ3n) is 0.969. The highest BCUT2D eigenvalue weighted by Gasteiger charge is 2.16. The minimum Gasteiger partial charge on any atom is -0.105 e. The van der Waals surface area contributed by atoms with Crippen molar-refractivity contribution in [2.75, 3.05) is 0 Å². The van der Waals surface area contributed by atoms with Gasteiger partial charge in [0, 0.05) is 0 Å². The fourth-order valence-corrected chi connectivity index (χ4v) is 3.75. The van der Waals surface area contributed by atoms with Gasteiger partial charge in [0.05, 0.1) is 0 Å². The van der Waals surface area contributed by atoms with Gasteiger partial charge < -0.3 is 0 Å². The molecular weight excluding hydrogens is 342 g/mol. The van der Waals surface area contributed by atoms with Crippen LogP contribution in [0.1, 0.15) is 19.8 Å². The Bertz CT molecular complexity index is 57.9.